The van der Waals surface area contributed by atoms with Crippen molar-refractivity contribution in [3.05, 3.63) is 29.8 Å². The first kappa shape index (κ1) is 21.4. The number of nitrogens with one attached hydrogen (secondary N) is 2. The number of anilines is 1. The maximum Gasteiger partial charge on any atom is 0.238 e. The summed E-state index contributed by atoms with van der Waals surface area (Å²) in [4.78, 5) is 28.8. The molecule has 1 fully saturated rings. The summed E-state index contributed by atoms with van der Waals surface area (Å²) in [6.07, 6.45) is 2.98. The lowest BCUT2D eigenvalue weighted by Gasteiger charge is -2.34. The van der Waals surface area contributed by atoms with Gasteiger partial charge in [0.2, 0.25) is 11.8 Å². The smallest absolute Gasteiger partial charge is 0.238 e. The molecule has 0 spiro atoms. The molecule has 1 heterocycles. The maximum absolute atomic E-state index is 12.4. The van der Waals surface area contributed by atoms with Crippen LogP contribution in [0.1, 0.15) is 39.2 Å². The molecule has 2 amide bonds. The van der Waals surface area contributed by atoms with Gasteiger partial charge in [-0.15, -0.1) is 0 Å². The SMILES string of the molecule is CCC[C@@H](C)NC(=O)CN1CCN(CC(=O)Nc2ccccc2CC)CC1. The van der Waals surface area contributed by atoms with Gasteiger partial charge >= 0.3 is 0 Å². The van der Waals surface area contributed by atoms with Gasteiger partial charge in [-0.1, -0.05) is 38.5 Å². The van der Waals surface area contributed by atoms with Crippen molar-refractivity contribution in [3.8, 4) is 0 Å². The molecule has 6 nitrogen and oxygen atoms in total. The van der Waals surface area contributed by atoms with E-state index in [2.05, 4.69) is 41.2 Å². The molecule has 150 valence electrons. The highest BCUT2D eigenvalue weighted by Gasteiger charge is 2.21. The van der Waals surface area contributed by atoms with Gasteiger partial charge in [-0.05, 0) is 31.4 Å². The number of carbonyl (C=O) groups is 2. The normalized spacial score (nSPS) is 16.7. The second-order valence-electron chi connectivity index (χ2n) is 7.37. The van der Waals surface area contributed by atoms with Crippen LogP contribution in [0.5, 0.6) is 0 Å². The van der Waals surface area contributed by atoms with Crippen LogP contribution in [-0.2, 0) is 16.0 Å². The van der Waals surface area contributed by atoms with Gasteiger partial charge < -0.3 is 10.6 Å². The van der Waals surface area contributed by atoms with Crippen molar-refractivity contribution in [1.82, 2.24) is 15.1 Å². The predicted octanol–water partition coefficient (Wildman–Crippen LogP) is 2.11. The highest BCUT2D eigenvalue weighted by molar-refractivity contribution is 5.93. The molecule has 1 saturated heterocycles. The molecule has 1 aromatic rings. The van der Waals surface area contributed by atoms with Crippen LogP contribution in [-0.4, -0.2) is 66.9 Å². The third-order valence-electron chi connectivity index (χ3n) is 5.00. The number of rotatable bonds is 9. The van der Waals surface area contributed by atoms with Gasteiger partial charge in [-0.2, -0.15) is 0 Å². The first-order valence-corrected chi connectivity index (χ1v) is 10.1. The zero-order chi connectivity index (χ0) is 19.6. The van der Waals surface area contributed by atoms with Crippen molar-refractivity contribution in [2.24, 2.45) is 0 Å². The summed E-state index contributed by atoms with van der Waals surface area (Å²) in [5.74, 6) is 0.119. The summed E-state index contributed by atoms with van der Waals surface area (Å²) in [5, 5.41) is 6.08. The first-order valence-electron chi connectivity index (χ1n) is 10.1. The number of aryl methyl sites for hydroxylation is 1. The Morgan fingerprint density at radius 3 is 2.19 bits per heavy atom. The van der Waals surface area contributed by atoms with Crippen LogP contribution in [0.25, 0.3) is 0 Å². The molecular weight excluding hydrogens is 340 g/mol. The minimum Gasteiger partial charge on any atom is -0.353 e. The molecule has 1 aliphatic heterocycles. The van der Waals surface area contributed by atoms with Crippen LogP contribution in [0.2, 0.25) is 0 Å². The van der Waals surface area contributed by atoms with Crippen molar-refractivity contribution >= 4 is 17.5 Å². The van der Waals surface area contributed by atoms with Crippen molar-refractivity contribution in [2.75, 3.05) is 44.6 Å². The van der Waals surface area contributed by atoms with Crippen LogP contribution in [0.4, 0.5) is 5.69 Å². The molecule has 2 N–H and O–H groups in total. The number of amides is 2. The monoisotopic (exact) mass is 374 g/mol. The maximum atomic E-state index is 12.4. The molecule has 27 heavy (non-hydrogen) atoms. The molecule has 0 radical (unpaired) electrons. The number of piperazine rings is 1. The summed E-state index contributed by atoms with van der Waals surface area (Å²) in [7, 11) is 0. The largest absolute Gasteiger partial charge is 0.353 e. The Balaban J connectivity index is 1.71. The van der Waals surface area contributed by atoms with Crippen molar-refractivity contribution in [2.45, 2.75) is 46.1 Å². The molecular formula is C21H34N4O2. The highest BCUT2D eigenvalue weighted by atomic mass is 16.2. The van der Waals surface area contributed by atoms with E-state index in [9.17, 15) is 9.59 Å². The second-order valence-corrected chi connectivity index (χ2v) is 7.37. The fraction of sp³-hybridized carbons (Fsp3) is 0.619. The molecule has 0 aliphatic carbocycles. The fourth-order valence-electron chi connectivity index (χ4n) is 3.48. The quantitative estimate of drug-likeness (QED) is 0.695. The summed E-state index contributed by atoms with van der Waals surface area (Å²) >= 11 is 0. The molecule has 1 aliphatic rings. The molecule has 0 saturated carbocycles. The Morgan fingerprint density at radius 2 is 1.59 bits per heavy atom. The summed E-state index contributed by atoms with van der Waals surface area (Å²) in [6.45, 7) is 10.3. The van der Waals surface area contributed by atoms with Crippen molar-refractivity contribution < 1.29 is 9.59 Å². The highest BCUT2D eigenvalue weighted by Crippen LogP contribution is 2.15. The van der Waals surface area contributed by atoms with Crippen LogP contribution in [0.15, 0.2) is 24.3 Å². The van der Waals surface area contributed by atoms with Gasteiger partial charge in [0, 0.05) is 37.9 Å². The van der Waals surface area contributed by atoms with Gasteiger partial charge in [-0.25, -0.2) is 0 Å². The minimum atomic E-state index is 0.0236. The van der Waals surface area contributed by atoms with Crippen LogP contribution < -0.4 is 10.6 Å². The summed E-state index contributed by atoms with van der Waals surface area (Å²) in [5.41, 5.74) is 2.06. The number of carbonyl (C=O) groups excluding carboxylic acids is 2. The zero-order valence-corrected chi connectivity index (χ0v) is 17.0. The van der Waals surface area contributed by atoms with E-state index in [4.69, 9.17) is 0 Å². The Bertz CT molecular complexity index is 612. The van der Waals surface area contributed by atoms with E-state index in [0.717, 1.165) is 56.7 Å². The number of hydrogen-bond donors (Lipinski definition) is 2. The Kier molecular flexibility index (Phi) is 8.75. The lowest BCUT2D eigenvalue weighted by Crippen LogP contribution is -2.51. The number of hydrogen-bond acceptors (Lipinski definition) is 4. The Labute approximate surface area is 163 Å². The van der Waals surface area contributed by atoms with E-state index < -0.39 is 0 Å². The van der Waals surface area contributed by atoms with Crippen LogP contribution in [0.3, 0.4) is 0 Å². The van der Waals surface area contributed by atoms with Gasteiger partial charge in [0.05, 0.1) is 13.1 Å². The van der Waals surface area contributed by atoms with Crippen LogP contribution >= 0.6 is 0 Å². The molecule has 6 heteroatoms. The van der Waals surface area contributed by atoms with E-state index in [-0.39, 0.29) is 17.9 Å². The Morgan fingerprint density at radius 1 is 1.00 bits per heavy atom. The molecule has 2 rings (SSSR count). The fourth-order valence-corrected chi connectivity index (χ4v) is 3.48. The average molecular weight is 375 g/mol. The van der Waals surface area contributed by atoms with Gasteiger partial charge in [0.1, 0.15) is 0 Å². The molecule has 0 unspecified atom stereocenters. The van der Waals surface area contributed by atoms with E-state index in [0.29, 0.717) is 13.1 Å². The third kappa shape index (κ3) is 7.31. The first-order chi connectivity index (χ1) is 13.0. The number of benzene rings is 1. The van der Waals surface area contributed by atoms with E-state index in [1.54, 1.807) is 0 Å². The van der Waals surface area contributed by atoms with Gasteiger partial charge in [0.25, 0.3) is 0 Å². The van der Waals surface area contributed by atoms with Gasteiger partial charge in [0.15, 0.2) is 0 Å². The second kappa shape index (κ2) is 11.0. The van der Waals surface area contributed by atoms with E-state index in [1.165, 1.54) is 0 Å². The molecule has 0 bridgehead atoms. The van der Waals surface area contributed by atoms with Crippen LogP contribution in [0, 0.1) is 0 Å². The minimum absolute atomic E-state index is 0.0236. The molecule has 0 aromatic heterocycles. The zero-order valence-electron chi connectivity index (χ0n) is 17.0. The average Bonchev–Trinajstić information content (AvgIpc) is 2.64. The predicted molar refractivity (Wildman–Crippen MR) is 110 cm³/mol. The topological polar surface area (TPSA) is 64.7 Å². The van der Waals surface area contributed by atoms with Gasteiger partial charge in [-0.3, -0.25) is 19.4 Å². The van der Waals surface area contributed by atoms with E-state index >= 15 is 0 Å². The van der Waals surface area contributed by atoms with Crippen molar-refractivity contribution in [3.63, 3.8) is 0 Å². The standard InChI is InChI=1S/C21H34N4O2/c1-4-8-17(3)22-20(26)15-24-11-13-25(14-12-24)16-21(27)23-19-10-7-6-9-18(19)5-2/h6-7,9-10,17H,4-5,8,11-16H2,1-3H3,(H,22,26)(H,23,27)/t17-/m1/s1. The third-order valence-corrected chi connectivity index (χ3v) is 5.00. The number of para-hydroxylation sites is 1. The lowest BCUT2D eigenvalue weighted by molar-refractivity contribution is -0.124. The lowest BCUT2D eigenvalue weighted by atomic mass is 10.1. The summed E-state index contributed by atoms with van der Waals surface area (Å²) in [6, 6.07) is 8.17. The molecule has 1 aromatic carbocycles. The summed E-state index contributed by atoms with van der Waals surface area (Å²) < 4.78 is 0. The number of nitrogens with zero attached hydrogens (tertiary/aromatic N) is 2. The molecule has 1 atom stereocenters. The Hall–Kier alpha value is -1.92. The van der Waals surface area contributed by atoms with Crippen molar-refractivity contribution in [1.29, 1.82) is 0 Å². The van der Waals surface area contributed by atoms with E-state index in [1.807, 2.05) is 24.3 Å².